The Kier molecular flexibility index (Phi) is 10.3. The van der Waals surface area contributed by atoms with E-state index in [1.807, 2.05) is 0 Å². The van der Waals surface area contributed by atoms with Crippen molar-refractivity contribution in [1.29, 1.82) is 0 Å². The van der Waals surface area contributed by atoms with Gasteiger partial charge in [0.2, 0.25) is 10.0 Å². The normalized spacial score (nSPS) is 35.7. The van der Waals surface area contributed by atoms with E-state index in [9.17, 15) is 8.42 Å². The number of aryl methyl sites for hydroxylation is 2. The molecule has 8 nitrogen and oxygen atoms in total. The molecule has 4 fully saturated rings. The van der Waals surface area contributed by atoms with Gasteiger partial charge in [0.15, 0.2) is 0 Å². The second-order valence-electron chi connectivity index (χ2n) is 16.0. The summed E-state index contributed by atoms with van der Waals surface area (Å²) in [6, 6.07) is 6.55. The topological polar surface area (TPSA) is 91.9 Å². The molecule has 244 valence electrons. The lowest BCUT2D eigenvalue weighted by Crippen LogP contribution is -2.64. The van der Waals surface area contributed by atoms with Crippen LogP contribution in [0.2, 0.25) is 0 Å². The molecule has 43 heavy (non-hydrogen) atoms. The van der Waals surface area contributed by atoms with Gasteiger partial charge in [-0.3, -0.25) is 15.5 Å². The third kappa shape index (κ3) is 8.81. The third-order valence-corrected chi connectivity index (χ3v) is 12.0. The van der Waals surface area contributed by atoms with Gasteiger partial charge in [-0.2, -0.15) is 4.72 Å². The first-order valence-corrected chi connectivity index (χ1v) is 18.3. The molecule has 4 aliphatic rings. The van der Waals surface area contributed by atoms with E-state index in [0.29, 0.717) is 25.4 Å². The number of hydrogen-bond donors (Lipinski definition) is 3. The van der Waals surface area contributed by atoms with Crippen molar-refractivity contribution >= 4 is 10.0 Å². The van der Waals surface area contributed by atoms with Gasteiger partial charge in [-0.1, -0.05) is 59.2 Å². The van der Waals surface area contributed by atoms with E-state index < -0.39 is 16.3 Å². The highest BCUT2D eigenvalue weighted by Crippen LogP contribution is 2.35. The predicted molar refractivity (Wildman–Crippen MR) is 173 cm³/mol. The number of sulfonamides is 1. The van der Waals surface area contributed by atoms with Crippen molar-refractivity contribution in [3.8, 4) is 0 Å². The molecule has 4 bridgehead atoms. The van der Waals surface area contributed by atoms with E-state index in [-0.39, 0.29) is 40.5 Å². The average molecular weight is 619 g/mol. The van der Waals surface area contributed by atoms with Crippen LogP contribution < -0.4 is 15.4 Å². The predicted octanol–water partition coefficient (Wildman–Crippen LogP) is 5.36. The molecule has 6 unspecified atom stereocenters. The molecule has 0 spiro atoms. The molecule has 3 aliphatic heterocycles. The van der Waals surface area contributed by atoms with Crippen molar-refractivity contribution in [2.45, 2.75) is 136 Å². The van der Waals surface area contributed by atoms with Gasteiger partial charge in [0.05, 0.1) is 24.6 Å². The fourth-order valence-electron chi connectivity index (χ4n) is 7.89. The summed E-state index contributed by atoms with van der Waals surface area (Å²) in [5, 5.41) is 6.69. The van der Waals surface area contributed by atoms with Crippen LogP contribution in [0.3, 0.4) is 0 Å². The number of rotatable bonds is 4. The van der Waals surface area contributed by atoms with Crippen LogP contribution in [0.4, 0.5) is 0 Å². The monoisotopic (exact) mass is 618 g/mol. The van der Waals surface area contributed by atoms with Gasteiger partial charge in [0.25, 0.3) is 0 Å². The van der Waals surface area contributed by atoms with Crippen LogP contribution in [0.5, 0.6) is 0 Å². The highest BCUT2D eigenvalue weighted by molar-refractivity contribution is 7.90. The van der Waals surface area contributed by atoms with E-state index >= 15 is 0 Å². The fourth-order valence-corrected chi connectivity index (χ4v) is 9.55. The summed E-state index contributed by atoms with van der Waals surface area (Å²) in [7, 11) is -3.55. The van der Waals surface area contributed by atoms with Gasteiger partial charge in [-0.05, 0) is 85.8 Å². The molecule has 7 atom stereocenters. The first-order chi connectivity index (χ1) is 20.2. The molecule has 5 rings (SSSR count). The Morgan fingerprint density at radius 3 is 2.44 bits per heavy atom. The molecule has 1 saturated carbocycles. The summed E-state index contributed by atoms with van der Waals surface area (Å²) >= 11 is 0. The lowest BCUT2D eigenvalue weighted by atomic mass is 9.84. The van der Waals surface area contributed by atoms with E-state index in [1.165, 1.54) is 23.1 Å². The summed E-state index contributed by atoms with van der Waals surface area (Å²) in [5.41, 5.74) is 4.00. The molecule has 3 saturated heterocycles. The van der Waals surface area contributed by atoms with Crippen LogP contribution in [0, 0.1) is 30.6 Å². The molecule has 1 aromatic rings. The number of nitrogens with zero attached hydrogens (tertiary/aromatic N) is 1. The minimum absolute atomic E-state index is 0.0273. The summed E-state index contributed by atoms with van der Waals surface area (Å²) in [6.45, 7) is 19.0. The largest absolute Gasteiger partial charge is 0.376 e. The van der Waals surface area contributed by atoms with E-state index in [0.717, 1.165) is 51.8 Å². The van der Waals surface area contributed by atoms with Crippen LogP contribution >= 0.6 is 0 Å². The molecule has 0 aromatic heterocycles. The number of hydrogen-bond acceptors (Lipinski definition) is 7. The Hall–Kier alpha value is -1.07. The van der Waals surface area contributed by atoms with Crippen molar-refractivity contribution in [3.63, 3.8) is 0 Å². The molecule has 0 radical (unpaired) electrons. The van der Waals surface area contributed by atoms with Crippen LogP contribution in [0.1, 0.15) is 109 Å². The first-order valence-electron chi connectivity index (χ1n) is 16.7. The average Bonchev–Trinajstić information content (AvgIpc) is 2.91. The maximum atomic E-state index is 13.8. The molecule has 3 N–H and O–H groups in total. The maximum Gasteiger partial charge on any atom is 0.216 e. The zero-order valence-corrected chi connectivity index (χ0v) is 28.6. The zero-order valence-electron chi connectivity index (χ0n) is 27.7. The molecule has 1 aliphatic carbocycles. The minimum Gasteiger partial charge on any atom is -0.376 e. The highest BCUT2D eigenvalue weighted by atomic mass is 32.2. The molecule has 9 heteroatoms. The van der Waals surface area contributed by atoms with E-state index in [4.69, 9.17) is 9.47 Å². The standard InChI is InChI=1S/C34H58N4O4S/c1-23-10-8-11-24(2)31(23)29-17-30-36-32(35-29)37-43(39,40)28-13-9-12-25(16-28)19-38(26(21-41-30)18-33(3,4)5)20-27-14-15-34(6,7)22-42-27/h8,10-11,25-30,32,35-37H,9,12-22H2,1-7H3/t25?,26-,27?,28?,29?,30?,32?/m1/s1. The SMILES string of the molecule is Cc1cccc(C)c1C1CC2NC(N1)NS(=O)(=O)C1CCCC(C1)CN(CC1CCC(C)(C)CO1)[C@H](CC(C)(C)C)CO2. The Labute approximate surface area is 261 Å². The number of fused-ring (bicyclic) bond motifs is 4. The quantitative estimate of drug-likeness (QED) is 0.419. The van der Waals surface area contributed by atoms with Gasteiger partial charge >= 0.3 is 0 Å². The summed E-state index contributed by atoms with van der Waals surface area (Å²) in [4.78, 5) is 2.63. The van der Waals surface area contributed by atoms with Crippen molar-refractivity contribution in [2.75, 3.05) is 26.3 Å². The summed E-state index contributed by atoms with van der Waals surface area (Å²) < 4.78 is 43.9. The smallest absolute Gasteiger partial charge is 0.216 e. The van der Waals surface area contributed by atoms with Crippen LogP contribution in [-0.4, -0.2) is 69.5 Å². The number of ether oxygens (including phenoxy) is 2. The Morgan fingerprint density at radius 2 is 1.77 bits per heavy atom. The van der Waals surface area contributed by atoms with Gasteiger partial charge in [0.1, 0.15) is 12.5 Å². The second kappa shape index (κ2) is 13.3. The highest BCUT2D eigenvalue weighted by Gasteiger charge is 2.40. The van der Waals surface area contributed by atoms with Gasteiger partial charge < -0.3 is 9.47 Å². The molecule has 0 amide bonds. The molecular formula is C34H58N4O4S. The number of benzene rings is 1. The van der Waals surface area contributed by atoms with Gasteiger partial charge in [0, 0.05) is 31.6 Å². The van der Waals surface area contributed by atoms with Gasteiger partial charge in [-0.15, -0.1) is 0 Å². The van der Waals surface area contributed by atoms with Gasteiger partial charge in [-0.25, -0.2) is 8.42 Å². The Bertz CT molecular complexity index is 1170. The molecule has 3 heterocycles. The minimum atomic E-state index is -3.55. The van der Waals surface area contributed by atoms with Crippen molar-refractivity contribution in [3.05, 3.63) is 34.9 Å². The summed E-state index contributed by atoms with van der Waals surface area (Å²) in [5.74, 6) is 0.334. The Balaban J connectivity index is 1.46. The second-order valence-corrected chi connectivity index (χ2v) is 18.0. The third-order valence-electron chi connectivity index (χ3n) is 10.2. The van der Waals surface area contributed by atoms with Crippen LogP contribution in [0.15, 0.2) is 18.2 Å². The molecule has 1 aromatic carbocycles. The molecular weight excluding hydrogens is 560 g/mol. The van der Waals surface area contributed by atoms with E-state index in [2.05, 4.69) is 86.9 Å². The zero-order chi connectivity index (χ0) is 31.0. The fraction of sp³-hybridized carbons (Fsp3) is 0.824. The van der Waals surface area contributed by atoms with Crippen molar-refractivity contribution < 1.29 is 17.9 Å². The van der Waals surface area contributed by atoms with Crippen LogP contribution in [-0.2, 0) is 19.5 Å². The van der Waals surface area contributed by atoms with Crippen LogP contribution in [0.25, 0.3) is 0 Å². The maximum absolute atomic E-state index is 13.8. The summed E-state index contributed by atoms with van der Waals surface area (Å²) in [6.07, 6.45) is 6.71. The first kappa shape index (κ1) is 33.3. The Morgan fingerprint density at radius 1 is 1.02 bits per heavy atom. The number of nitrogens with one attached hydrogen (secondary N) is 3. The van der Waals surface area contributed by atoms with Crippen molar-refractivity contribution in [1.82, 2.24) is 20.3 Å². The lowest BCUT2D eigenvalue weighted by Gasteiger charge is -2.43. The van der Waals surface area contributed by atoms with Crippen molar-refractivity contribution in [2.24, 2.45) is 16.7 Å². The van der Waals surface area contributed by atoms with E-state index in [1.54, 1.807) is 0 Å². The lowest BCUT2D eigenvalue weighted by molar-refractivity contribution is -0.0851.